The number of rotatable bonds is 7. The Bertz CT molecular complexity index is 729. The summed E-state index contributed by atoms with van der Waals surface area (Å²) in [7, 11) is 0. The number of aromatic nitrogens is 1. The molecule has 6 heteroatoms. The number of aryl methyl sites for hydroxylation is 2. The van der Waals surface area contributed by atoms with Crippen LogP contribution < -0.4 is 5.32 Å². The van der Waals surface area contributed by atoms with E-state index < -0.39 is 5.97 Å². The summed E-state index contributed by atoms with van der Waals surface area (Å²) in [6, 6.07) is 10.3. The van der Waals surface area contributed by atoms with Gasteiger partial charge in [-0.05, 0) is 31.2 Å². The molecular formula is C19H22N2O3S. The molecule has 0 bridgehead atoms. The van der Waals surface area contributed by atoms with E-state index in [2.05, 4.69) is 22.4 Å². The number of benzene rings is 1. The van der Waals surface area contributed by atoms with Gasteiger partial charge in [0.1, 0.15) is 0 Å². The minimum absolute atomic E-state index is 0.0532. The first kappa shape index (κ1) is 17.6. The molecule has 1 aliphatic carbocycles. The van der Waals surface area contributed by atoms with Gasteiger partial charge in [0.25, 0.3) is 0 Å². The summed E-state index contributed by atoms with van der Waals surface area (Å²) in [5.41, 5.74) is 2.16. The van der Waals surface area contributed by atoms with Crippen LogP contribution >= 0.6 is 11.3 Å². The first-order chi connectivity index (χ1) is 12.1. The van der Waals surface area contributed by atoms with Crippen molar-refractivity contribution in [3.05, 3.63) is 52.0 Å². The van der Waals surface area contributed by atoms with Crippen LogP contribution in [0.5, 0.6) is 0 Å². The zero-order valence-electron chi connectivity index (χ0n) is 14.0. The fourth-order valence-corrected chi connectivity index (χ4v) is 4.00. The lowest BCUT2D eigenvalue weighted by Gasteiger charge is -2.09. The number of thiazole rings is 1. The normalized spacial score (nSPS) is 19.7. The molecule has 2 aromatic rings. The lowest BCUT2D eigenvalue weighted by molar-refractivity contribution is -0.141. The first-order valence-electron chi connectivity index (χ1n) is 8.59. The Balaban J connectivity index is 1.44. The summed E-state index contributed by atoms with van der Waals surface area (Å²) < 4.78 is 0. The summed E-state index contributed by atoms with van der Waals surface area (Å²) in [6.45, 7) is 0.412. The highest BCUT2D eigenvalue weighted by Crippen LogP contribution is 2.31. The average molecular weight is 358 g/mol. The molecule has 1 amide bonds. The number of hydrogen-bond donors (Lipinski definition) is 2. The van der Waals surface area contributed by atoms with E-state index >= 15 is 0 Å². The molecular weight excluding hydrogens is 336 g/mol. The molecule has 132 valence electrons. The standard InChI is InChI=1S/C19H22N2O3S/c22-18(14-7-8-15(10-14)19(23)24)20-11-16-12-25-17(21-16)9-6-13-4-2-1-3-5-13/h1-5,12,14-15H,6-11H2,(H,20,22)(H,23,24)/t14-,15+/m0/s1. The lowest BCUT2D eigenvalue weighted by atomic mass is 10.0. The maximum Gasteiger partial charge on any atom is 0.306 e. The number of carbonyl (C=O) groups excluding carboxylic acids is 1. The Labute approximate surface area is 151 Å². The number of carboxylic acids is 1. The van der Waals surface area contributed by atoms with Crippen LogP contribution in [0.15, 0.2) is 35.7 Å². The van der Waals surface area contributed by atoms with E-state index in [0.717, 1.165) is 23.5 Å². The molecule has 0 unspecified atom stereocenters. The van der Waals surface area contributed by atoms with Crippen molar-refractivity contribution in [2.75, 3.05) is 0 Å². The van der Waals surface area contributed by atoms with Gasteiger partial charge in [-0.25, -0.2) is 4.98 Å². The lowest BCUT2D eigenvalue weighted by Crippen LogP contribution is -2.29. The predicted octanol–water partition coefficient (Wildman–Crippen LogP) is 3.05. The second-order valence-corrected chi connectivity index (χ2v) is 7.42. The maximum atomic E-state index is 12.2. The van der Waals surface area contributed by atoms with Crippen LogP contribution in [-0.4, -0.2) is 22.0 Å². The van der Waals surface area contributed by atoms with Gasteiger partial charge in [-0.15, -0.1) is 11.3 Å². The number of nitrogens with one attached hydrogen (secondary N) is 1. The quantitative estimate of drug-likeness (QED) is 0.797. The Morgan fingerprint density at radius 2 is 1.92 bits per heavy atom. The second-order valence-electron chi connectivity index (χ2n) is 6.48. The summed E-state index contributed by atoms with van der Waals surface area (Å²) in [5, 5.41) is 15.0. The van der Waals surface area contributed by atoms with Gasteiger partial charge >= 0.3 is 5.97 Å². The Morgan fingerprint density at radius 3 is 2.64 bits per heavy atom. The van der Waals surface area contributed by atoms with Gasteiger partial charge in [0.2, 0.25) is 5.91 Å². The molecule has 0 aliphatic heterocycles. The Kier molecular flexibility index (Phi) is 5.81. The first-order valence-corrected chi connectivity index (χ1v) is 9.47. The van der Waals surface area contributed by atoms with Crippen molar-refractivity contribution in [1.82, 2.24) is 10.3 Å². The SMILES string of the molecule is O=C(O)[C@@H]1CC[C@H](C(=O)NCc2csc(CCc3ccccc3)n2)C1. The molecule has 1 fully saturated rings. The molecule has 1 heterocycles. The van der Waals surface area contributed by atoms with Gasteiger partial charge in [-0.2, -0.15) is 0 Å². The molecule has 0 saturated heterocycles. The van der Waals surface area contributed by atoms with E-state index in [9.17, 15) is 9.59 Å². The molecule has 0 spiro atoms. The number of carboxylic acid groups (broad SMARTS) is 1. The largest absolute Gasteiger partial charge is 0.481 e. The van der Waals surface area contributed by atoms with E-state index in [-0.39, 0.29) is 17.7 Å². The summed E-state index contributed by atoms with van der Waals surface area (Å²) in [6.07, 6.45) is 3.54. The minimum atomic E-state index is -0.794. The minimum Gasteiger partial charge on any atom is -0.481 e. The second kappa shape index (κ2) is 8.25. The van der Waals surface area contributed by atoms with Crippen molar-refractivity contribution in [2.24, 2.45) is 11.8 Å². The van der Waals surface area contributed by atoms with Gasteiger partial charge in [-0.3, -0.25) is 9.59 Å². The van der Waals surface area contributed by atoms with Crippen molar-refractivity contribution in [2.45, 2.75) is 38.6 Å². The van der Waals surface area contributed by atoms with Gasteiger partial charge in [0.05, 0.1) is 23.2 Å². The third-order valence-electron chi connectivity index (χ3n) is 4.67. The van der Waals surface area contributed by atoms with Crippen LogP contribution in [0.2, 0.25) is 0 Å². The van der Waals surface area contributed by atoms with Crippen molar-refractivity contribution in [3.63, 3.8) is 0 Å². The molecule has 0 radical (unpaired) electrons. The topological polar surface area (TPSA) is 79.3 Å². The molecule has 1 aliphatic rings. The monoisotopic (exact) mass is 358 g/mol. The van der Waals surface area contributed by atoms with Gasteiger partial charge in [0.15, 0.2) is 0 Å². The number of carbonyl (C=O) groups is 2. The Morgan fingerprint density at radius 1 is 1.16 bits per heavy atom. The average Bonchev–Trinajstić information content (AvgIpc) is 3.28. The van der Waals surface area contributed by atoms with E-state index in [1.165, 1.54) is 5.56 Å². The highest BCUT2D eigenvalue weighted by atomic mass is 32.1. The van der Waals surface area contributed by atoms with Crippen molar-refractivity contribution in [3.8, 4) is 0 Å². The molecule has 1 saturated carbocycles. The van der Waals surface area contributed by atoms with Crippen molar-refractivity contribution >= 4 is 23.2 Å². The third kappa shape index (κ3) is 4.89. The highest BCUT2D eigenvalue weighted by Gasteiger charge is 2.33. The molecule has 1 aromatic carbocycles. The number of hydrogen-bond acceptors (Lipinski definition) is 4. The molecule has 1 aromatic heterocycles. The zero-order valence-corrected chi connectivity index (χ0v) is 14.8. The number of amides is 1. The Hall–Kier alpha value is -2.21. The molecule has 2 atom stereocenters. The van der Waals surface area contributed by atoms with Crippen LogP contribution in [-0.2, 0) is 29.0 Å². The third-order valence-corrected chi connectivity index (χ3v) is 5.62. The number of nitrogens with zero attached hydrogens (tertiary/aromatic N) is 1. The maximum absolute atomic E-state index is 12.2. The fraction of sp³-hybridized carbons (Fsp3) is 0.421. The highest BCUT2D eigenvalue weighted by molar-refractivity contribution is 7.09. The van der Waals surface area contributed by atoms with Gasteiger partial charge in [0, 0.05) is 17.7 Å². The van der Waals surface area contributed by atoms with Crippen LogP contribution in [0.25, 0.3) is 0 Å². The van der Waals surface area contributed by atoms with Crippen LogP contribution in [0.3, 0.4) is 0 Å². The zero-order chi connectivity index (χ0) is 17.6. The van der Waals surface area contributed by atoms with Gasteiger partial charge in [-0.1, -0.05) is 30.3 Å². The fourth-order valence-electron chi connectivity index (χ4n) is 3.21. The summed E-state index contributed by atoms with van der Waals surface area (Å²) in [5.74, 6) is -1.41. The van der Waals surface area contributed by atoms with E-state index in [1.807, 2.05) is 23.6 Å². The molecule has 3 rings (SSSR count). The van der Waals surface area contributed by atoms with Crippen LogP contribution in [0.1, 0.15) is 35.5 Å². The van der Waals surface area contributed by atoms with E-state index in [1.54, 1.807) is 11.3 Å². The summed E-state index contributed by atoms with van der Waals surface area (Å²) >= 11 is 1.62. The van der Waals surface area contributed by atoms with E-state index in [0.29, 0.717) is 25.8 Å². The smallest absolute Gasteiger partial charge is 0.306 e. The number of aliphatic carboxylic acids is 1. The molecule has 2 N–H and O–H groups in total. The van der Waals surface area contributed by atoms with Gasteiger partial charge < -0.3 is 10.4 Å². The van der Waals surface area contributed by atoms with Crippen LogP contribution in [0, 0.1) is 11.8 Å². The molecule has 5 nitrogen and oxygen atoms in total. The predicted molar refractivity (Wildman–Crippen MR) is 96.3 cm³/mol. The van der Waals surface area contributed by atoms with E-state index in [4.69, 9.17) is 5.11 Å². The molecule has 25 heavy (non-hydrogen) atoms. The van der Waals surface area contributed by atoms with Crippen molar-refractivity contribution in [1.29, 1.82) is 0 Å². The van der Waals surface area contributed by atoms with Crippen LogP contribution in [0.4, 0.5) is 0 Å². The van der Waals surface area contributed by atoms with Crippen molar-refractivity contribution < 1.29 is 14.7 Å². The summed E-state index contributed by atoms with van der Waals surface area (Å²) in [4.78, 5) is 27.7.